The van der Waals surface area contributed by atoms with Crippen LogP contribution in [0.4, 0.5) is 0 Å². The molecule has 0 spiro atoms. The third kappa shape index (κ3) is 5.12. The lowest BCUT2D eigenvalue weighted by atomic mass is 10.2. The standard InChI is InChI=1S/C16H23N3O5S2/c1-11(2)16-18-15(24-19-16)6-5-9-17-26(22,23)14-10-13(25(4,20)21)8-7-12(14)3/h7-8,10-11,17H,5-6,9H2,1-4H3. The molecule has 0 aliphatic carbocycles. The van der Waals surface area contributed by atoms with E-state index in [9.17, 15) is 16.8 Å². The second-order valence-corrected chi connectivity index (χ2v) is 10.2. The van der Waals surface area contributed by atoms with Gasteiger partial charge in [-0.05, 0) is 31.0 Å². The molecule has 0 unspecified atom stereocenters. The Hall–Kier alpha value is -1.78. The Balaban J connectivity index is 2.02. The predicted octanol–water partition coefficient (Wildman–Crippen LogP) is 1.82. The average Bonchev–Trinajstić information content (AvgIpc) is 3.00. The van der Waals surface area contributed by atoms with Gasteiger partial charge in [0.2, 0.25) is 15.9 Å². The molecular weight excluding hydrogens is 378 g/mol. The van der Waals surface area contributed by atoms with E-state index in [1.54, 1.807) is 6.92 Å². The first kappa shape index (κ1) is 20.5. The van der Waals surface area contributed by atoms with Crippen LogP contribution in [0.5, 0.6) is 0 Å². The summed E-state index contributed by atoms with van der Waals surface area (Å²) in [4.78, 5) is 4.16. The first-order valence-corrected chi connectivity index (χ1v) is 11.5. The molecule has 0 fully saturated rings. The third-order valence-corrected chi connectivity index (χ3v) is 6.45. The number of nitrogens with zero attached hydrogens (tertiary/aromatic N) is 2. The molecule has 0 bridgehead atoms. The summed E-state index contributed by atoms with van der Waals surface area (Å²) in [6.07, 6.45) is 1.96. The summed E-state index contributed by atoms with van der Waals surface area (Å²) >= 11 is 0. The zero-order chi connectivity index (χ0) is 19.5. The Bertz CT molecular complexity index is 979. The topological polar surface area (TPSA) is 119 Å². The van der Waals surface area contributed by atoms with Crippen LogP contribution >= 0.6 is 0 Å². The van der Waals surface area contributed by atoms with Gasteiger partial charge in [-0.25, -0.2) is 21.6 Å². The highest BCUT2D eigenvalue weighted by Crippen LogP contribution is 2.20. The van der Waals surface area contributed by atoms with Gasteiger partial charge >= 0.3 is 0 Å². The van der Waals surface area contributed by atoms with Crippen molar-refractivity contribution in [3.8, 4) is 0 Å². The molecule has 0 saturated carbocycles. The average molecular weight is 402 g/mol. The van der Waals surface area contributed by atoms with Crippen molar-refractivity contribution >= 4 is 19.9 Å². The molecule has 1 N–H and O–H groups in total. The highest BCUT2D eigenvalue weighted by Gasteiger charge is 2.19. The van der Waals surface area contributed by atoms with E-state index in [0.29, 0.717) is 30.1 Å². The minimum atomic E-state index is -3.82. The minimum Gasteiger partial charge on any atom is -0.339 e. The van der Waals surface area contributed by atoms with E-state index in [1.807, 2.05) is 13.8 Å². The third-order valence-electron chi connectivity index (χ3n) is 3.74. The fourth-order valence-corrected chi connectivity index (χ4v) is 4.29. The van der Waals surface area contributed by atoms with Gasteiger partial charge in [-0.3, -0.25) is 0 Å². The highest BCUT2D eigenvalue weighted by atomic mass is 32.2. The van der Waals surface area contributed by atoms with Gasteiger partial charge in [0.1, 0.15) is 0 Å². The van der Waals surface area contributed by atoms with Crippen LogP contribution in [0.3, 0.4) is 0 Å². The lowest BCUT2D eigenvalue weighted by molar-refractivity contribution is 0.368. The number of nitrogens with one attached hydrogen (secondary N) is 1. The molecule has 0 aliphatic rings. The summed E-state index contributed by atoms with van der Waals surface area (Å²) in [6.45, 7) is 5.70. The Kier molecular flexibility index (Phi) is 6.20. The second-order valence-electron chi connectivity index (χ2n) is 6.40. The monoisotopic (exact) mass is 401 g/mol. The van der Waals surface area contributed by atoms with Crippen LogP contribution in [0.2, 0.25) is 0 Å². The summed E-state index contributed by atoms with van der Waals surface area (Å²) in [5, 5.41) is 3.85. The van der Waals surface area contributed by atoms with Gasteiger partial charge < -0.3 is 4.52 Å². The van der Waals surface area contributed by atoms with Crippen LogP contribution in [0.25, 0.3) is 0 Å². The van der Waals surface area contributed by atoms with E-state index in [1.165, 1.54) is 18.2 Å². The lowest BCUT2D eigenvalue weighted by Gasteiger charge is -2.10. The molecule has 0 amide bonds. The Morgan fingerprint density at radius 2 is 1.88 bits per heavy atom. The number of aromatic nitrogens is 2. The number of sulfonamides is 1. The number of aryl methyl sites for hydroxylation is 2. The van der Waals surface area contributed by atoms with Gasteiger partial charge in [0.05, 0.1) is 9.79 Å². The van der Waals surface area contributed by atoms with E-state index in [-0.39, 0.29) is 22.3 Å². The molecule has 144 valence electrons. The summed E-state index contributed by atoms with van der Waals surface area (Å²) in [5.74, 6) is 1.24. The van der Waals surface area contributed by atoms with E-state index in [0.717, 1.165) is 6.26 Å². The predicted molar refractivity (Wildman–Crippen MR) is 96.2 cm³/mol. The van der Waals surface area contributed by atoms with Crippen LogP contribution in [0.1, 0.15) is 43.5 Å². The number of sulfone groups is 1. The molecule has 10 heteroatoms. The van der Waals surface area contributed by atoms with Crippen LogP contribution in [-0.4, -0.2) is 39.8 Å². The summed E-state index contributed by atoms with van der Waals surface area (Å²) in [5.41, 5.74) is 0.475. The van der Waals surface area contributed by atoms with Crippen molar-refractivity contribution in [2.75, 3.05) is 12.8 Å². The molecule has 26 heavy (non-hydrogen) atoms. The summed E-state index contributed by atoms with van der Waals surface area (Å²) < 4.78 is 55.9. The van der Waals surface area contributed by atoms with Gasteiger partial charge in [-0.2, -0.15) is 4.98 Å². The van der Waals surface area contributed by atoms with E-state index < -0.39 is 19.9 Å². The molecule has 1 aromatic carbocycles. The maximum Gasteiger partial charge on any atom is 0.240 e. The van der Waals surface area contributed by atoms with Gasteiger partial charge in [-0.1, -0.05) is 25.1 Å². The number of rotatable bonds is 8. The second kappa shape index (κ2) is 7.85. The van der Waals surface area contributed by atoms with Crippen LogP contribution in [0.15, 0.2) is 32.5 Å². The molecular formula is C16H23N3O5S2. The summed E-state index contributed by atoms with van der Waals surface area (Å²) in [6, 6.07) is 4.06. The van der Waals surface area contributed by atoms with Gasteiger partial charge in [0.25, 0.3) is 0 Å². The van der Waals surface area contributed by atoms with Crippen molar-refractivity contribution < 1.29 is 21.4 Å². The van der Waals surface area contributed by atoms with Crippen molar-refractivity contribution in [2.24, 2.45) is 0 Å². The molecule has 0 aliphatic heterocycles. The van der Waals surface area contributed by atoms with Gasteiger partial charge in [0, 0.05) is 25.1 Å². The fraction of sp³-hybridized carbons (Fsp3) is 0.500. The maximum absolute atomic E-state index is 12.5. The van der Waals surface area contributed by atoms with Crippen molar-refractivity contribution in [1.29, 1.82) is 0 Å². The molecule has 0 saturated heterocycles. The van der Waals surface area contributed by atoms with Crippen molar-refractivity contribution in [3.63, 3.8) is 0 Å². The Morgan fingerprint density at radius 1 is 1.19 bits per heavy atom. The van der Waals surface area contributed by atoms with Gasteiger partial charge in [-0.15, -0.1) is 0 Å². The fourth-order valence-electron chi connectivity index (χ4n) is 2.23. The molecule has 1 aromatic heterocycles. The zero-order valence-electron chi connectivity index (χ0n) is 15.2. The van der Waals surface area contributed by atoms with Crippen molar-refractivity contribution in [3.05, 3.63) is 35.5 Å². The van der Waals surface area contributed by atoms with Crippen molar-refractivity contribution in [2.45, 2.75) is 49.3 Å². The zero-order valence-corrected chi connectivity index (χ0v) is 16.8. The normalized spacial score (nSPS) is 12.7. The number of hydrogen-bond donors (Lipinski definition) is 1. The molecule has 1 heterocycles. The Morgan fingerprint density at radius 3 is 2.46 bits per heavy atom. The number of benzene rings is 1. The molecule has 2 rings (SSSR count). The van der Waals surface area contributed by atoms with Crippen LogP contribution in [-0.2, 0) is 26.3 Å². The van der Waals surface area contributed by atoms with Gasteiger partial charge in [0.15, 0.2) is 15.7 Å². The quantitative estimate of drug-likeness (QED) is 0.670. The maximum atomic E-state index is 12.5. The smallest absolute Gasteiger partial charge is 0.240 e. The lowest BCUT2D eigenvalue weighted by Crippen LogP contribution is -2.26. The Labute approximate surface area is 154 Å². The van der Waals surface area contributed by atoms with E-state index in [4.69, 9.17) is 4.52 Å². The number of hydrogen-bond acceptors (Lipinski definition) is 7. The highest BCUT2D eigenvalue weighted by molar-refractivity contribution is 7.91. The van der Waals surface area contributed by atoms with Crippen molar-refractivity contribution in [1.82, 2.24) is 14.9 Å². The molecule has 0 atom stereocenters. The first-order chi connectivity index (χ1) is 12.0. The van der Waals surface area contributed by atoms with E-state index in [2.05, 4.69) is 14.9 Å². The first-order valence-electron chi connectivity index (χ1n) is 8.13. The molecule has 0 radical (unpaired) electrons. The minimum absolute atomic E-state index is 0.0319. The van der Waals surface area contributed by atoms with Crippen LogP contribution < -0.4 is 4.72 Å². The SMILES string of the molecule is Cc1ccc(S(C)(=O)=O)cc1S(=O)(=O)NCCCc1nc(C(C)C)no1. The summed E-state index contributed by atoms with van der Waals surface area (Å²) in [7, 11) is -7.31. The largest absolute Gasteiger partial charge is 0.339 e. The van der Waals surface area contributed by atoms with Crippen LogP contribution in [0, 0.1) is 6.92 Å². The van der Waals surface area contributed by atoms with E-state index >= 15 is 0 Å². The molecule has 8 nitrogen and oxygen atoms in total. The molecule has 2 aromatic rings.